The highest BCUT2D eigenvalue weighted by atomic mass is 16.7. The van der Waals surface area contributed by atoms with E-state index >= 15 is 0 Å². The van der Waals surface area contributed by atoms with Crippen LogP contribution in [0.5, 0.6) is 0 Å². The van der Waals surface area contributed by atoms with Crippen molar-refractivity contribution in [1.82, 2.24) is 0 Å². The summed E-state index contributed by atoms with van der Waals surface area (Å²) < 4.78 is 18.0. The molecular weight excluding hydrogens is 460 g/mol. The Hall–Kier alpha value is -1.72. The molecule has 4 bridgehead atoms. The maximum Gasteiger partial charge on any atom is 0.315 e. The Kier molecular flexibility index (Phi) is 6.43. The normalized spacial score (nSPS) is 49.0. The molecule has 5 aliphatic rings. The Balaban J connectivity index is 1.49. The largest absolute Gasteiger partial charge is 0.481 e. The lowest BCUT2D eigenvalue weighted by atomic mass is 9.43. The van der Waals surface area contributed by atoms with Gasteiger partial charge >= 0.3 is 5.97 Å². The number of aliphatic carboxylic acids is 1. The van der Waals surface area contributed by atoms with Gasteiger partial charge in [-0.3, -0.25) is 4.79 Å². The van der Waals surface area contributed by atoms with Crippen LogP contribution in [-0.4, -0.2) is 60.3 Å². The molecule has 198 valence electrons. The van der Waals surface area contributed by atoms with Crippen molar-refractivity contribution < 1.29 is 34.0 Å². The van der Waals surface area contributed by atoms with Crippen LogP contribution in [0, 0.1) is 58.2 Å². The minimum atomic E-state index is -1.27. The number of hydrogen-bond donors (Lipinski definition) is 2. The molecule has 2 N–H and O–H groups in total. The number of carbonyl (C=O) groups is 2. The van der Waals surface area contributed by atoms with Crippen molar-refractivity contribution >= 4 is 12.3 Å². The molecule has 0 radical (unpaired) electrons. The molecule has 4 aliphatic carbocycles. The molecule has 0 amide bonds. The van der Waals surface area contributed by atoms with E-state index in [1.165, 1.54) is 0 Å². The van der Waals surface area contributed by atoms with Crippen molar-refractivity contribution in [3.63, 3.8) is 0 Å². The summed E-state index contributed by atoms with van der Waals surface area (Å²) in [7, 11) is 0. The van der Waals surface area contributed by atoms with Crippen LogP contribution in [0.2, 0.25) is 0 Å². The number of rotatable bonds is 8. The number of aliphatic hydroxyl groups excluding tert-OH is 1. The van der Waals surface area contributed by atoms with Gasteiger partial charge in [0, 0.05) is 11.8 Å². The van der Waals surface area contributed by atoms with Crippen LogP contribution in [0.15, 0.2) is 11.6 Å². The summed E-state index contributed by atoms with van der Waals surface area (Å²) in [6, 6.07) is 0. The zero-order chi connectivity index (χ0) is 26.0. The van der Waals surface area contributed by atoms with Gasteiger partial charge in [0.15, 0.2) is 6.29 Å². The molecule has 0 aromatic heterocycles. The van der Waals surface area contributed by atoms with Gasteiger partial charge in [0.2, 0.25) is 0 Å². The smallest absolute Gasteiger partial charge is 0.315 e. The summed E-state index contributed by atoms with van der Waals surface area (Å²) in [6.45, 7) is 8.40. The summed E-state index contributed by atoms with van der Waals surface area (Å²) in [5, 5.41) is 21.7. The lowest BCUT2D eigenvalue weighted by Gasteiger charge is -2.58. The van der Waals surface area contributed by atoms with Crippen LogP contribution in [0.25, 0.3) is 0 Å². The van der Waals surface area contributed by atoms with Crippen LogP contribution in [0.1, 0.15) is 59.8 Å². The topological polar surface area (TPSA) is 102 Å². The first kappa shape index (κ1) is 25.9. The Labute approximate surface area is 213 Å². The summed E-state index contributed by atoms with van der Waals surface area (Å²) in [5.41, 5.74) is -2.01. The second-order valence-electron chi connectivity index (χ2n) is 12.4. The Morgan fingerprint density at radius 1 is 1.31 bits per heavy atom. The third kappa shape index (κ3) is 3.14. The van der Waals surface area contributed by atoms with E-state index in [4.69, 9.17) is 20.6 Å². The zero-order valence-electron chi connectivity index (χ0n) is 21.8. The highest BCUT2D eigenvalue weighted by Crippen LogP contribution is 2.82. The van der Waals surface area contributed by atoms with E-state index in [9.17, 15) is 19.8 Å². The molecule has 36 heavy (non-hydrogen) atoms. The highest BCUT2D eigenvalue weighted by molar-refractivity contribution is 5.90. The molecule has 0 aromatic rings. The number of aliphatic hydroxyl groups is 1. The first-order chi connectivity index (χ1) is 17.1. The zero-order valence-corrected chi connectivity index (χ0v) is 21.8. The first-order valence-corrected chi connectivity index (χ1v) is 13.5. The van der Waals surface area contributed by atoms with Crippen LogP contribution in [0.3, 0.4) is 0 Å². The third-order valence-electron chi connectivity index (χ3n) is 10.6. The SMILES string of the molecule is C#CCO[C@H]1[C@@H](O)C[C@H](OCC23CC4C(C)CCC4C4(C=O)CC2C=C(C(C)C)C43C(=O)O)O[C@@H]1C. The van der Waals surface area contributed by atoms with Gasteiger partial charge in [0.05, 0.1) is 24.2 Å². The average molecular weight is 501 g/mol. The van der Waals surface area contributed by atoms with Gasteiger partial charge in [-0.15, -0.1) is 6.42 Å². The van der Waals surface area contributed by atoms with Crippen molar-refractivity contribution in [2.24, 2.45) is 45.8 Å². The molecule has 0 spiro atoms. The molecule has 1 heterocycles. The maximum absolute atomic E-state index is 13.5. The molecule has 11 atom stereocenters. The predicted molar refractivity (Wildman–Crippen MR) is 132 cm³/mol. The highest BCUT2D eigenvalue weighted by Gasteiger charge is 2.84. The molecule has 5 rings (SSSR count). The number of fused-ring (bicyclic) bond motifs is 2. The summed E-state index contributed by atoms with van der Waals surface area (Å²) in [5.74, 6) is 2.34. The second-order valence-corrected chi connectivity index (χ2v) is 12.4. The number of carbonyl (C=O) groups excluding carboxylic acids is 1. The second kappa shape index (κ2) is 8.94. The minimum Gasteiger partial charge on any atom is -0.481 e. The summed E-state index contributed by atoms with van der Waals surface area (Å²) in [4.78, 5) is 26.6. The van der Waals surface area contributed by atoms with E-state index in [-0.39, 0.29) is 37.4 Å². The number of aldehydes is 1. The van der Waals surface area contributed by atoms with E-state index in [1.807, 2.05) is 20.8 Å². The van der Waals surface area contributed by atoms with Gasteiger partial charge in [-0.1, -0.05) is 44.8 Å². The van der Waals surface area contributed by atoms with E-state index < -0.39 is 46.8 Å². The van der Waals surface area contributed by atoms with Gasteiger partial charge in [-0.05, 0) is 55.8 Å². The minimum absolute atomic E-state index is 0.0160. The fourth-order valence-electron chi connectivity index (χ4n) is 9.39. The number of terminal acetylenes is 1. The standard InChI is InChI=1S/C29H40O7/c1-6-9-34-25-18(5)36-24(11-23(25)31)35-15-28-13-20-17(4)7-8-21(20)27(14-30)12-19(28)10-22(16(2)3)29(27,28)26(32)33/h1,10,14,16-21,23-25,31H,7-9,11-13,15H2,2-5H3,(H,32,33)/t17?,18-,19?,20?,21?,23+,24-,25-,27?,28?,29?/m1/s1. The molecule has 7 unspecified atom stereocenters. The van der Waals surface area contributed by atoms with Crippen LogP contribution in [0.4, 0.5) is 0 Å². The van der Waals surface area contributed by atoms with E-state index in [2.05, 4.69) is 18.9 Å². The van der Waals surface area contributed by atoms with Crippen molar-refractivity contribution in [3.8, 4) is 12.3 Å². The van der Waals surface area contributed by atoms with Crippen LogP contribution < -0.4 is 0 Å². The predicted octanol–water partition coefficient (Wildman–Crippen LogP) is 3.44. The lowest BCUT2D eigenvalue weighted by molar-refractivity contribution is -0.268. The Bertz CT molecular complexity index is 971. The van der Waals surface area contributed by atoms with Crippen molar-refractivity contribution in [3.05, 3.63) is 11.6 Å². The molecule has 7 heteroatoms. The molecule has 7 nitrogen and oxygen atoms in total. The van der Waals surface area contributed by atoms with Gasteiger partial charge in [-0.2, -0.15) is 0 Å². The Morgan fingerprint density at radius 3 is 2.67 bits per heavy atom. The molecule has 1 saturated heterocycles. The molecule has 4 fully saturated rings. The van der Waals surface area contributed by atoms with E-state index in [1.54, 1.807) is 0 Å². The Morgan fingerprint density at radius 2 is 2.06 bits per heavy atom. The van der Waals surface area contributed by atoms with Gasteiger partial charge in [-0.25, -0.2) is 0 Å². The quantitative estimate of drug-likeness (QED) is 0.299. The van der Waals surface area contributed by atoms with Crippen molar-refractivity contribution in [1.29, 1.82) is 0 Å². The number of carboxylic acids is 1. The van der Waals surface area contributed by atoms with Crippen molar-refractivity contribution in [2.45, 2.75) is 84.4 Å². The molecule has 3 saturated carbocycles. The van der Waals surface area contributed by atoms with Gasteiger partial charge in [0.25, 0.3) is 0 Å². The van der Waals surface area contributed by atoms with Gasteiger partial charge in [0.1, 0.15) is 24.4 Å². The third-order valence-corrected chi connectivity index (χ3v) is 10.6. The lowest BCUT2D eigenvalue weighted by Crippen LogP contribution is -2.63. The molecule has 1 aliphatic heterocycles. The first-order valence-electron chi connectivity index (χ1n) is 13.5. The fraction of sp³-hybridized carbons (Fsp3) is 0.793. The van der Waals surface area contributed by atoms with E-state index in [0.29, 0.717) is 18.3 Å². The van der Waals surface area contributed by atoms with Crippen molar-refractivity contribution in [2.75, 3.05) is 13.2 Å². The number of ether oxygens (including phenoxy) is 3. The van der Waals surface area contributed by atoms with Crippen LogP contribution >= 0.6 is 0 Å². The van der Waals surface area contributed by atoms with E-state index in [0.717, 1.165) is 31.1 Å². The average Bonchev–Trinajstić information content (AvgIpc) is 3.39. The molecular formula is C29H40O7. The number of hydrogen-bond acceptors (Lipinski definition) is 6. The summed E-state index contributed by atoms with van der Waals surface area (Å²) in [6.07, 6.45) is 9.48. The fourth-order valence-corrected chi connectivity index (χ4v) is 9.39. The number of allylic oxidation sites excluding steroid dienone is 1. The van der Waals surface area contributed by atoms with Gasteiger partial charge < -0.3 is 29.2 Å². The molecule has 0 aromatic carbocycles. The van der Waals surface area contributed by atoms with Crippen LogP contribution in [-0.2, 0) is 23.8 Å². The maximum atomic E-state index is 13.5. The summed E-state index contributed by atoms with van der Waals surface area (Å²) >= 11 is 0. The monoisotopic (exact) mass is 500 g/mol. The number of carboxylic acid groups (broad SMARTS) is 1.